The molecule has 3 heteroatoms. The minimum absolute atomic E-state index is 0.179. The number of ether oxygens (including phenoxy) is 1. The van der Waals surface area contributed by atoms with Gasteiger partial charge in [0.2, 0.25) is 0 Å². The van der Waals surface area contributed by atoms with Crippen molar-refractivity contribution in [3.8, 4) is 5.75 Å². The van der Waals surface area contributed by atoms with Gasteiger partial charge in [-0.25, -0.2) is 0 Å². The van der Waals surface area contributed by atoms with Crippen LogP contribution in [0, 0.1) is 0 Å². The van der Waals surface area contributed by atoms with Crippen molar-refractivity contribution in [2.45, 2.75) is 32.2 Å². The Kier molecular flexibility index (Phi) is 4.57. The highest BCUT2D eigenvalue weighted by Crippen LogP contribution is 2.25. The van der Waals surface area contributed by atoms with Crippen molar-refractivity contribution < 1.29 is 4.74 Å². The first-order valence-electron chi connectivity index (χ1n) is 6.60. The largest absolute Gasteiger partial charge is 0.492 e. The van der Waals surface area contributed by atoms with E-state index in [0.29, 0.717) is 6.04 Å². The number of rotatable bonds is 3. The lowest BCUT2D eigenvalue weighted by molar-refractivity contribution is 0.275. The second kappa shape index (κ2) is 5.98. The molecular formula is C15H23NOS. The molecule has 1 aliphatic rings. The molecule has 1 N–H and O–H groups in total. The summed E-state index contributed by atoms with van der Waals surface area (Å²) in [7, 11) is 0. The van der Waals surface area contributed by atoms with E-state index in [1.54, 1.807) is 0 Å². The molecule has 1 aromatic rings. The summed E-state index contributed by atoms with van der Waals surface area (Å²) < 4.78 is 5.91. The molecule has 0 saturated carbocycles. The van der Waals surface area contributed by atoms with E-state index in [4.69, 9.17) is 4.74 Å². The van der Waals surface area contributed by atoms with Crippen LogP contribution in [0.2, 0.25) is 0 Å². The van der Waals surface area contributed by atoms with Crippen molar-refractivity contribution in [2.24, 2.45) is 0 Å². The Morgan fingerprint density at radius 3 is 2.89 bits per heavy atom. The average Bonchev–Trinajstić information content (AvgIpc) is 2.37. The molecule has 1 heterocycles. The van der Waals surface area contributed by atoms with Crippen LogP contribution in [0.5, 0.6) is 5.75 Å². The van der Waals surface area contributed by atoms with Crippen molar-refractivity contribution >= 4 is 11.8 Å². The number of hydrogen-bond acceptors (Lipinski definition) is 3. The Balaban J connectivity index is 1.92. The number of nitrogens with one attached hydrogen (secondary N) is 1. The molecule has 1 unspecified atom stereocenters. The summed E-state index contributed by atoms with van der Waals surface area (Å²) in [5.74, 6) is 3.36. The van der Waals surface area contributed by atoms with Gasteiger partial charge in [0.15, 0.2) is 0 Å². The van der Waals surface area contributed by atoms with Crippen LogP contribution < -0.4 is 10.1 Å². The highest BCUT2D eigenvalue weighted by Gasteiger charge is 2.16. The van der Waals surface area contributed by atoms with Gasteiger partial charge < -0.3 is 10.1 Å². The lowest BCUT2D eigenvalue weighted by Crippen LogP contribution is -2.41. The fourth-order valence-electron chi connectivity index (χ4n) is 1.98. The summed E-state index contributed by atoms with van der Waals surface area (Å²) in [4.78, 5) is 0. The third kappa shape index (κ3) is 3.92. The summed E-state index contributed by atoms with van der Waals surface area (Å²) in [6.07, 6.45) is 0. The lowest BCUT2D eigenvalue weighted by atomic mass is 9.87. The Hall–Kier alpha value is -0.670. The van der Waals surface area contributed by atoms with Gasteiger partial charge in [-0.3, -0.25) is 0 Å². The molecule has 1 saturated heterocycles. The lowest BCUT2D eigenvalue weighted by Gasteiger charge is -2.24. The van der Waals surface area contributed by atoms with Gasteiger partial charge in [-0.05, 0) is 23.1 Å². The summed E-state index contributed by atoms with van der Waals surface area (Å²) >= 11 is 2.00. The molecule has 18 heavy (non-hydrogen) atoms. The molecule has 2 nitrogen and oxygen atoms in total. The zero-order chi connectivity index (χ0) is 13.0. The van der Waals surface area contributed by atoms with E-state index in [-0.39, 0.29) is 5.41 Å². The first-order chi connectivity index (χ1) is 8.55. The van der Waals surface area contributed by atoms with E-state index in [1.807, 2.05) is 17.8 Å². The zero-order valence-corrected chi connectivity index (χ0v) is 12.3. The average molecular weight is 265 g/mol. The van der Waals surface area contributed by atoms with Crippen LogP contribution in [0.15, 0.2) is 24.3 Å². The first-order valence-corrected chi connectivity index (χ1v) is 7.75. The Morgan fingerprint density at radius 1 is 1.39 bits per heavy atom. The predicted octanol–water partition coefficient (Wildman–Crippen LogP) is 3.07. The molecule has 100 valence electrons. The second-order valence-corrected chi connectivity index (χ2v) is 6.96. The maximum absolute atomic E-state index is 5.91. The van der Waals surface area contributed by atoms with Gasteiger partial charge in [-0.1, -0.05) is 32.9 Å². The first kappa shape index (κ1) is 13.8. The number of hydrogen-bond donors (Lipinski definition) is 1. The Labute approximate surface area is 114 Å². The molecule has 2 rings (SSSR count). The fourth-order valence-corrected chi connectivity index (χ4v) is 2.90. The quantitative estimate of drug-likeness (QED) is 0.907. The maximum atomic E-state index is 5.91. The molecular weight excluding hydrogens is 242 g/mol. The highest BCUT2D eigenvalue weighted by molar-refractivity contribution is 7.99. The van der Waals surface area contributed by atoms with E-state index in [2.05, 4.69) is 44.3 Å². The zero-order valence-electron chi connectivity index (χ0n) is 11.5. The second-order valence-electron chi connectivity index (χ2n) is 5.81. The van der Waals surface area contributed by atoms with Crippen molar-refractivity contribution in [3.63, 3.8) is 0 Å². The van der Waals surface area contributed by atoms with Gasteiger partial charge >= 0.3 is 0 Å². The van der Waals surface area contributed by atoms with Gasteiger partial charge in [0.05, 0.1) is 6.04 Å². The molecule has 1 aromatic carbocycles. The summed E-state index contributed by atoms with van der Waals surface area (Å²) in [6.45, 7) is 8.55. The molecule has 0 radical (unpaired) electrons. The monoisotopic (exact) mass is 265 g/mol. The molecule has 0 spiro atoms. The third-order valence-electron chi connectivity index (χ3n) is 3.15. The van der Waals surface area contributed by atoms with Crippen LogP contribution >= 0.6 is 11.8 Å². The summed E-state index contributed by atoms with van der Waals surface area (Å²) in [5, 5.41) is 3.49. The molecule has 0 aromatic heterocycles. The molecule has 1 atom stereocenters. The van der Waals surface area contributed by atoms with E-state index >= 15 is 0 Å². The number of benzene rings is 1. The normalized spacial score (nSPS) is 20.7. The van der Waals surface area contributed by atoms with Crippen molar-refractivity contribution in [1.29, 1.82) is 0 Å². The summed E-state index contributed by atoms with van der Waals surface area (Å²) in [5.41, 5.74) is 1.50. The van der Waals surface area contributed by atoms with Crippen LogP contribution in [-0.4, -0.2) is 30.7 Å². The van der Waals surface area contributed by atoms with Crippen LogP contribution in [-0.2, 0) is 5.41 Å². The van der Waals surface area contributed by atoms with Crippen molar-refractivity contribution in [3.05, 3.63) is 29.8 Å². The van der Waals surface area contributed by atoms with Gasteiger partial charge in [0, 0.05) is 18.1 Å². The van der Waals surface area contributed by atoms with Crippen LogP contribution in [0.25, 0.3) is 0 Å². The van der Waals surface area contributed by atoms with E-state index in [1.165, 1.54) is 11.3 Å². The minimum Gasteiger partial charge on any atom is -0.492 e. The minimum atomic E-state index is 0.179. The Bertz CT molecular complexity index is 380. The maximum Gasteiger partial charge on any atom is 0.119 e. The van der Waals surface area contributed by atoms with Gasteiger partial charge in [0.25, 0.3) is 0 Å². The smallest absolute Gasteiger partial charge is 0.119 e. The fraction of sp³-hybridized carbons (Fsp3) is 0.600. The molecule has 0 amide bonds. The SMILES string of the molecule is CC(C)(C)c1cccc(OCC2CSCCN2)c1. The van der Waals surface area contributed by atoms with Crippen LogP contribution in [0.3, 0.4) is 0 Å². The molecule has 1 aliphatic heterocycles. The van der Waals surface area contributed by atoms with Crippen LogP contribution in [0.1, 0.15) is 26.3 Å². The molecule has 1 fully saturated rings. The third-order valence-corrected chi connectivity index (χ3v) is 4.28. The van der Waals surface area contributed by atoms with Gasteiger partial charge in [-0.2, -0.15) is 11.8 Å². The van der Waals surface area contributed by atoms with E-state index in [0.717, 1.165) is 24.7 Å². The van der Waals surface area contributed by atoms with Crippen molar-refractivity contribution in [2.75, 3.05) is 24.7 Å². The molecule has 0 aliphatic carbocycles. The highest BCUT2D eigenvalue weighted by atomic mass is 32.2. The van der Waals surface area contributed by atoms with Crippen LogP contribution in [0.4, 0.5) is 0 Å². The van der Waals surface area contributed by atoms with Crippen molar-refractivity contribution in [1.82, 2.24) is 5.32 Å². The van der Waals surface area contributed by atoms with Gasteiger partial charge in [0.1, 0.15) is 12.4 Å². The Morgan fingerprint density at radius 2 is 2.22 bits per heavy atom. The predicted molar refractivity (Wildman–Crippen MR) is 79.8 cm³/mol. The standard InChI is InChI=1S/C15H23NOS/c1-15(2,3)12-5-4-6-14(9-12)17-10-13-11-18-8-7-16-13/h4-6,9,13,16H,7-8,10-11H2,1-3H3. The topological polar surface area (TPSA) is 21.3 Å². The van der Waals surface area contributed by atoms with E-state index in [9.17, 15) is 0 Å². The number of thioether (sulfide) groups is 1. The molecule has 0 bridgehead atoms. The van der Waals surface area contributed by atoms with E-state index < -0.39 is 0 Å². The van der Waals surface area contributed by atoms with Gasteiger partial charge in [-0.15, -0.1) is 0 Å². The summed E-state index contributed by atoms with van der Waals surface area (Å²) in [6, 6.07) is 8.95.